The van der Waals surface area contributed by atoms with E-state index in [0.717, 1.165) is 46.8 Å². The van der Waals surface area contributed by atoms with Gasteiger partial charge in [-0.3, -0.25) is 4.79 Å². The Labute approximate surface area is 157 Å². The minimum absolute atomic E-state index is 0. The third-order valence-electron chi connectivity index (χ3n) is 4.48. The number of nitrogen functional groups attached to an aromatic ring is 1. The van der Waals surface area contributed by atoms with Gasteiger partial charge in [-0.15, -0.1) is 23.7 Å². The number of amides is 1. The highest BCUT2D eigenvalue weighted by molar-refractivity contribution is 7.18. The fourth-order valence-electron chi connectivity index (χ4n) is 3.29. The van der Waals surface area contributed by atoms with Crippen molar-refractivity contribution in [1.29, 1.82) is 0 Å². The number of anilines is 2. The molecular weight excluding hydrogens is 354 g/mol. The summed E-state index contributed by atoms with van der Waals surface area (Å²) in [6, 6.07) is 13.9. The minimum atomic E-state index is 0. The van der Waals surface area contributed by atoms with Gasteiger partial charge in [-0.2, -0.15) is 0 Å². The van der Waals surface area contributed by atoms with Gasteiger partial charge in [-0.1, -0.05) is 18.2 Å². The van der Waals surface area contributed by atoms with E-state index in [1.165, 1.54) is 4.70 Å². The standard InChI is InChI=1S/C19H19N3OS.ClH/c20-14-6-3-8-16-13(14)5-4-12-22(16)19(23)11-10-18-21-15-7-1-2-9-17(15)24-18;/h1-3,6-9H,4-5,10-12,20H2;1H. The molecule has 2 N–H and O–H groups in total. The Balaban J connectivity index is 0.00000182. The summed E-state index contributed by atoms with van der Waals surface area (Å²) in [6.07, 6.45) is 3.08. The maximum absolute atomic E-state index is 12.7. The van der Waals surface area contributed by atoms with E-state index >= 15 is 0 Å². The molecule has 1 aromatic heterocycles. The summed E-state index contributed by atoms with van der Waals surface area (Å²) in [6.45, 7) is 0.773. The third kappa shape index (κ3) is 3.48. The predicted molar refractivity (Wildman–Crippen MR) is 107 cm³/mol. The van der Waals surface area contributed by atoms with E-state index in [2.05, 4.69) is 11.1 Å². The van der Waals surface area contributed by atoms with Crippen molar-refractivity contribution in [2.24, 2.45) is 0 Å². The van der Waals surface area contributed by atoms with Gasteiger partial charge < -0.3 is 10.6 Å². The second-order valence-electron chi connectivity index (χ2n) is 6.07. The number of carbonyl (C=O) groups excluding carboxylic acids is 1. The van der Waals surface area contributed by atoms with Gasteiger partial charge in [0.15, 0.2) is 0 Å². The van der Waals surface area contributed by atoms with Crippen molar-refractivity contribution < 1.29 is 4.79 Å². The second-order valence-corrected chi connectivity index (χ2v) is 7.18. The first-order valence-corrected chi connectivity index (χ1v) is 9.06. The molecule has 0 bridgehead atoms. The Bertz CT molecular complexity index is 876. The zero-order valence-corrected chi connectivity index (χ0v) is 15.4. The molecule has 6 heteroatoms. The van der Waals surface area contributed by atoms with Crippen molar-refractivity contribution in [2.45, 2.75) is 25.7 Å². The number of benzene rings is 2. The van der Waals surface area contributed by atoms with Crippen molar-refractivity contribution in [2.75, 3.05) is 17.2 Å². The molecule has 1 aliphatic heterocycles. The van der Waals surface area contributed by atoms with Crippen molar-refractivity contribution in [3.8, 4) is 0 Å². The van der Waals surface area contributed by atoms with E-state index in [1.807, 2.05) is 41.3 Å². The summed E-state index contributed by atoms with van der Waals surface area (Å²) in [4.78, 5) is 19.2. The molecule has 0 saturated carbocycles. The molecule has 0 atom stereocenters. The van der Waals surface area contributed by atoms with Crippen LogP contribution in [0.5, 0.6) is 0 Å². The van der Waals surface area contributed by atoms with Gasteiger partial charge in [0.1, 0.15) is 0 Å². The van der Waals surface area contributed by atoms with Crippen molar-refractivity contribution in [1.82, 2.24) is 4.98 Å². The molecule has 0 spiro atoms. The van der Waals surface area contributed by atoms with Crippen molar-refractivity contribution >= 4 is 51.2 Å². The van der Waals surface area contributed by atoms with Crippen molar-refractivity contribution in [3.05, 3.63) is 53.0 Å². The van der Waals surface area contributed by atoms with Crippen LogP contribution in [0.2, 0.25) is 0 Å². The highest BCUT2D eigenvalue weighted by Gasteiger charge is 2.23. The van der Waals surface area contributed by atoms with Gasteiger partial charge in [-0.25, -0.2) is 4.98 Å². The number of aromatic nitrogens is 1. The molecule has 1 aliphatic rings. The molecular formula is C19H20ClN3OS. The molecule has 4 rings (SSSR count). The predicted octanol–water partition coefficient (Wildman–Crippen LogP) is 4.21. The summed E-state index contributed by atoms with van der Waals surface area (Å²) in [5, 5.41) is 1.02. The number of fused-ring (bicyclic) bond motifs is 2. The van der Waals surface area contributed by atoms with Gasteiger partial charge in [0.05, 0.1) is 15.2 Å². The zero-order chi connectivity index (χ0) is 16.5. The Morgan fingerprint density at radius 2 is 2.04 bits per heavy atom. The first-order valence-electron chi connectivity index (χ1n) is 8.24. The average molecular weight is 374 g/mol. The van der Waals surface area contributed by atoms with Gasteiger partial charge in [-0.05, 0) is 42.7 Å². The van der Waals surface area contributed by atoms with Gasteiger partial charge >= 0.3 is 0 Å². The first kappa shape index (κ1) is 17.7. The number of hydrogen-bond acceptors (Lipinski definition) is 4. The molecule has 4 nitrogen and oxygen atoms in total. The normalized spacial score (nSPS) is 13.4. The summed E-state index contributed by atoms with van der Waals surface area (Å²) in [7, 11) is 0. The molecule has 0 aliphatic carbocycles. The number of thiazole rings is 1. The van der Waals surface area contributed by atoms with Crippen molar-refractivity contribution in [3.63, 3.8) is 0 Å². The van der Waals surface area contributed by atoms with Gasteiger partial charge in [0.2, 0.25) is 5.91 Å². The second kappa shape index (κ2) is 7.42. The van der Waals surface area contributed by atoms with Crippen LogP contribution in [0.4, 0.5) is 11.4 Å². The Morgan fingerprint density at radius 3 is 2.88 bits per heavy atom. The summed E-state index contributed by atoms with van der Waals surface area (Å²) >= 11 is 1.67. The summed E-state index contributed by atoms with van der Waals surface area (Å²) in [5.41, 5.74) is 9.96. The van der Waals surface area contributed by atoms with E-state index < -0.39 is 0 Å². The lowest BCUT2D eigenvalue weighted by Gasteiger charge is -2.30. The smallest absolute Gasteiger partial charge is 0.227 e. The van der Waals surface area contributed by atoms with Crippen LogP contribution < -0.4 is 10.6 Å². The van der Waals surface area contributed by atoms with Crippen LogP contribution in [0.1, 0.15) is 23.4 Å². The number of carbonyl (C=O) groups is 1. The molecule has 130 valence electrons. The molecule has 0 unspecified atom stereocenters. The minimum Gasteiger partial charge on any atom is -0.398 e. The van der Waals surface area contributed by atoms with Gasteiger partial charge in [0, 0.05) is 30.8 Å². The highest BCUT2D eigenvalue weighted by Crippen LogP contribution is 2.32. The quantitative estimate of drug-likeness (QED) is 0.699. The number of nitrogens with zero attached hydrogens (tertiary/aromatic N) is 2. The maximum Gasteiger partial charge on any atom is 0.227 e. The fraction of sp³-hybridized carbons (Fsp3) is 0.263. The molecule has 2 aromatic carbocycles. The van der Waals surface area contributed by atoms with Crippen LogP contribution >= 0.6 is 23.7 Å². The number of para-hydroxylation sites is 1. The van der Waals surface area contributed by atoms with Crippen LogP contribution in [0.15, 0.2) is 42.5 Å². The number of rotatable bonds is 3. The highest BCUT2D eigenvalue weighted by atomic mass is 35.5. The zero-order valence-electron chi connectivity index (χ0n) is 13.8. The van der Waals surface area contributed by atoms with E-state index in [1.54, 1.807) is 11.3 Å². The largest absolute Gasteiger partial charge is 0.398 e. The Kier molecular flexibility index (Phi) is 5.25. The maximum atomic E-state index is 12.7. The van der Waals surface area contributed by atoms with E-state index in [9.17, 15) is 4.79 Å². The third-order valence-corrected chi connectivity index (χ3v) is 5.57. The number of hydrogen-bond donors (Lipinski definition) is 1. The first-order chi connectivity index (χ1) is 11.7. The van der Waals surface area contributed by atoms with Crippen LogP contribution in [-0.4, -0.2) is 17.4 Å². The molecule has 3 aromatic rings. The number of nitrogens with two attached hydrogens (primary N) is 1. The van der Waals surface area contributed by atoms with E-state index in [-0.39, 0.29) is 18.3 Å². The van der Waals surface area contributed by atoms with Crippen LogP contribution in [0, 0.1) is 0 Å². The topological polar surface area (TPSA) is 59.2 Å². The van der Waals surface area contributed by atoms with Gasteiger partial charge in [0.25, 0.3) is 0 Å². The lowest BCUT2D eigenvalue weighted by atomic mass is 9.99. The summed E-state index contributed by atoms with van der Waals surface area (Å²) < 4.78 is 1.18. The molecule has 0 radical (unpaired) electrons. The molecule has 2 heterocycles. The number of halogens is 1. The van der Waals surface area contributed by atoms with Crippen LogP contribution in [0.3, 0.4) is 0 Å². The SMILES string of the molecule is Cl.Nc1cccc2c1CCCN2C(=O)CCc1nc2ccccc2s1. The lowest BCUT2D eigenvalue weighted by Crippen LogP contribution is -2.35. The molecule has 0 fully saturated rings. The fourth-order valence-corrected chi connectivity index (χ4v) is 4.25. The Morgan fingerprint density at radius 1 is 1.20 bits per heavy atom. The molecule has 1 amide bonds. The van der Waals surface area contributed by atoms with Crippen LogP contribution in [-0.2, 0) is 17.6 Å². The van der Waals surface area contributed by atoms with E-state index in [4.69, 9.17) is 5.73 Å². The lowest BCUT2D eigenvalue weighted by molar-refractivity contribution is -0.118. The summed E-state index contributed by atoms with van der Waals surface area (Å²) in [5.74, 6) is 0.154. The molecule has 0 saturated heterocycles. The number of aryl methyl sites for hydroxylation is 1. The average Bonchev–Trinajstić information content (AvgIpc) is 3.02. The molecule has 25 heavy (non-hydrogen) atoms. The monoisotopic (exact) mass is 373 g/mol. The van der Waals surface area contributed by atoms with E-state index in [0.29, 0.717) is 12.8 Å². The van der Waals surface area contributed by atoms with Crippen LogP contribution in [0.25, 0.3) is 10.2 Å². The Hall–Kier alpha value is -2.11.